The van der Waals surface area contributed by atoms with Gasteiger partial charge in [-0.05, 0) is 60.7 Å². The molecule has 0 aliphatic heterocycles. The molecule has 1 aliphatic rings. The van der Waals surface area contributed by atoms with E-state index < -0.39 is 29.7 Å². The number of aromatic nitrogens is 2. The molecule has 2 aromatic carbocycles. The first-order valence-corrected chi connectivity index (χ1v) is 13.1. The number of alkyl carbamates (subject to hydrolysis) is 1. The topological polar surface area (TPSA) is 120 Å². The minimum Gasteiger partial charge on any atom is -0.480 e. The van der Waals surface area contributed by atoms with E-state index in [9.17, 15) is 19.5 Å². The lowest BCUT2D eigenvalue weighted by molar-refractivity contribution is -0.155. The fourth-order valence-electron chi connectivity index (χ4n) is 5.19. The number of hydrogen-bond donors (Lipinski definition) is 2. The van der Waals surface area contributed by atoms with E-state index in [0.717, 1.165) is 22.3 Å². The molecule has 2 aromatic heterocycles. The van der Waals surface area contributed by atoms with Crippen molar-refractivity contribution in [2.75, 3.05) is 6.61 Å². The third-order valence-corrected chi connectivity index (χ3v) is 6.79. The number of esters is 1. The number of fused-ring (bicyclic) bond motifs is 4. The zero-order valence-electron chi connectivity index (χ0n) is 22.6. The van der Waals surface area contributed by atoms with E-state index in [4.69, 9.17) is 9.47 Å². The van der Waals surface area contributed by atoms with Crippen LogP contribution in [0.25, 0.3) is 22.2 Å². The summed E-state index contributed by atoms with van der Waals surface area (Å²) in [5, 5.41) is 13.1. The van der Waals surface area contributed by atoms with E-state index in [0.29, 0.717) is 16.6 Å². The molecule has 4 aromatic rings. The standard InChI is InChI=1S/C31H31N3O6/c1-31(2,3)40-27(35)17-34-16-19(20-13-8-14-32-28(20)34)15-26(29(36)37)33-30(38)39-18-25-23-11-6-4-9-21(23)22-10-5-7-12-24(22)25/h4-14,16,25-26H,15,17-18H2,1-3H3,(H,33,38)(H,36,37)/t26-/m0/s1. The highest BCUT2D eigenvalue weighted by molar-refractivity contribution is 5.85. The summed E-state index contributed by atoms with van der Waals surface area (Å²) in [6, 6.07) is 18.3. The van der Waals surface area contributed by atoms with Gasteiger partial charge in [-0.1, -0.05) is 48.5 Å². The second kappa shape index (κ2) is 10.8. The van der Waals surface area contributed by atoms with Crippen molar-refractivity contribution in [1.29, 1.82) is 0 Å². The normalized spacial score (nSPS) is 13.4. The second-order valence-electron chi connectivity index (χ2n) is 10.8. The Morgan fingerprint density at radius 2 is 1.65 bits per heavy atom. The SMILES string of the molecule is CC(C)(C)OC(=O)Cn1cc(C[C@H](NC(=O)OCC2c3ccccc3-c3ccccc32)C(=O)O)c2cccnc21. The molecular weight excluding hydrogens is 510 g/mol. The third-order valence-electron chi connectivity index (χ3n) is 6.79. The minimum absolute atomic E-state index is 0.0248. The van der Waals surface area contributed by atoms with Crippen LogP contribution in [0.15, 0.2) is 73.1 Å². The lowest BCUT2D eigenvalue weighted by Crippen LogP contribution is -2.42. The molecule has 0 unspecified atom stereocenters. The van der Waals surface area contributed by atoms with Crippen molar-refractivity contribution in [3.8, 4) is 11.1 Å². The van der Waals surface area contributed by atoms with Crippen LogP contribution in [-0.4, -0.2) is 50.9 Å². The maximum absolute atomic E-state index is 12.8. The summed E-state index contributed by atoms with van der Waals surface area (Å²) in [7, 11) is 0. The van der Waals surface area contributed by atoms with Crippen LogP contribution in [-0.2, 0) is 32.0 Å². The second-order valence-corrected chi connectivity index (χ2v) is 10.8. The van der Waals surface area contributed by atoms with Gasteiger partial charge in [0.2, 0.25) is 0 Å². The summed E-state index contributed by atoms with van der Waals surface area (Å²) in [6.07, 6.45) is 2.44. The van der Waals surface area contributed by atoms with Gasteiger partial charge >= 0.3 is 18.0 Å². The summed E-state index contributed by atoms with van der Waals surface area (Å²) < 4.78 is 12.6. The Morgan fingerprint density at radius 1 is 1.00 bits per heavy atom. The number of ether oxygens (including phenoxy) is 2. The van der Waals surface area contributed by atoms with Crippen LogP contribution in [0, 0.1) is 0 Å². The Bertz CT molecular complexity index is 1540. The first-order valence-electron chi connectivity index (χ1n) is 13.1. The van der Waals surface area contributed by atoms with Crippen LogP contribution < -0.4 is 5.32 Å². The van der Waals surface area contributed by atoms with Gasteiger partial charge in [0, 0.05) is 30.1 Å². The van der Waals surface area contributed by atoms with Gasteiger partial charge in [-0.2, -0.15) is 0 Å². The molecule has 1 aliphatic carbocycles. The number of carboxylic acid groups (broad SMARTS) is 1. The monoisotopic (exact) mass is 541 g/mol. The maximum Gasteiger partial charge on any atom is 0.407 e. The molecule has 5 rings (SSSR count). The number of rotatable bonds is 8. The molecule has 0 saturated carbocycles. The van der Waals surface area contributed by atoms with Crippen molar-refractivity contribution in [2.45, 2.75) is 51.3 Å². The zero-order valence-corrected chi connectivity index (χ0v) is 22.6. The van der Waals surface area contributed by atoms with Crippen LogP contribution >= 0.6 is 0 Å². The van der Waals surface area contributed by atoms with Gasteiger partial charge in [0.25, 0.3) is 0 Å². The van der Waals surface area contributed by atoms with E-state index in [1.807, 2.05) is 48.5 Å². The summed E-state index contributed by atoms with van der Waals surface area (Å²) in [6.45, 7) is 5.35. The van der Waals surface area contributed by atoms with Gasteiger partial charge in [-0.3, -0.25) is 4.79 Å². The maximum atomic E-state index is 12.8. The van der Waals surface area contributed by atoms with Gasteiger partial charge < -0.3 is 24.5 Å². The zero-order chi connectivity index (χ0) is 28.4. The van der Waals surface area contributed by atoms with E-state index in [2.05, 4.69) is 10.3 Å². The number of pyridine rings is 1. The predicted molar refractivity (Wildman–Crippen MR) is 149 cm³/mol. The van der Waals surface area contributed by atoms with Crippen molar-refractivity contribution in [2.24, 2.45) is 0 Å². The number of nitrogens with zero attached hydrogens (tertiary/aromatic N) is 2. The van der Waals surface area contributed by atoms with Crippen molar-refractivity contribution < 1.29 is 29.0 Å². The summed E-state index contributed by atoms with van der Waals surface area (Å²) in [4.78, 5) is 41.8. The first-order chi connectivity index (χ1) is 19.1. The molecule has 0 saturated heterocycles. The molecule has 206 valence electrons. The Morgan fingerprint density at radius 3 is 2.27 bits per heavy atom. The molecule has 0 spiro atoms. The van der Waals surface area contributed by atoms with Gasteiger partial charge in [0.15, 0.2) is 0 Å². The van der Waals surface area contributed by atoms with Gasteiger partial charge in [-0.25, -0.2) is 14.6 Å². The van der Waals surface area contributed by atoms with Gasteiger partial charge in [0.1, 0.15) is 30.4 Å². The van der Waals surface area contributed by atoms with Crippen molar-refractivity contribution in [1.82, 2.24) is 14.9 Å². The molecule has 1 atom stereocenters. The van der Waals surface area contributed by atoms with Crippen LogP contribution in [0.4, 0.5) is 4.79 Å². The fourth-order valence-corrected chi connectivity index (χ4v) is 5.19. The molecule has 9 nitrogen and oxygen atoms in total. The number of aliphatic carboxylic acids is 1. The van der Waals surface area contributed by atoms with Crippen LogP contribution in [0.3, 0.4) is 0 Å². The third kappa shape index (κ3) is 5.68. The summed E-state index contributed by atoms with van der Waals surface area (Å²) >= 11 is 0. The fraction of sp³-hybridized carbons (Fsp3) is 0.290. The van der Waals surface area contributed by atoms with Crippen molar-refractivity contribution in [3.63, 3.8) is 0 Å². The average Bonchev–Trinajstić information content (AvgIpc) is 3.41. The molecule has 2 N–H and O–H groups in total. The number of benzene rings is 2. The van der Waals surface area contributed by atoms with E-state index >= 15 is 0 Å². The smallest absolute Gasteiger partial charge is 0.407 e. The predicted octanol–water partition coefficient (Wildman–Crippen LogP) is 4.91. The average molecular weight is 542 g/mol. The number of hydrogen-bond acceptors (Lipinski definition) is 6. The Balaban J connectivity index is 1.29. The lowest BCUT2D eigenvalue weighted by atomic mass is 9.98. The molecule has 40 heavy (non-hydrogen) atoms. The molecule has 9 heteroatoms. The quantitative estimate of drug-likeness (QED) is 0.304. The highest BCUT2D eigenvalue weighted by Crippen LogP contribution is 2.44. The number of amides is 1. The van der Waals surface area contributed by atoms with Crippen molar-refractivity contribution >= 4 is 29.1 Å². The van der Waals surface area contributed by atoms with E-state index in [-0.39, 0.29) is 25.5 Å². The molecule has 0 fully saturated rings. The Hall–Kier alpha value is -4.66. The molecule has 0 radical (unpaired) electrons. The van der Waals surface area contributed by atoms with Crippen LogP contribution in [0.1, 0.15) is 43.4 Å². The van der Waals surface area contributed by atoms with Gasteiger partial charge in [0.05, 0.1) is 0 Å². The largest absolute Gasteiger partial charge is 0.480 e. The number of carbonyl (C=O) groups excluding carboxylic acids is 2. The van der Waals surface area contributed by atoms with Gasteiger partial charge in [-0.15, -0.1) is 0 Å². The minimum atomic E-state index is -1.25. The molecule has 0 bridgehead atoms. The molecule has 1 amide bonds. The Labute approximate surface area is 231 Å². The van der Waals surface area contributed by atoms with E-state index in [1.165, 1.54) is 0 Å². The first kappa shape index (κ1) is 26.9. The highest BCUT2D eigenvalue weighted by atomic mass is 16.6. The number of carbonyl (C=O) groups is 3. The summed E-state index contributed by atoms with van der Waals surface area (Å²) in [5.74, 6) is -1.78. The molecule has 2 heterocycles. The Kier molecular flexibility index (Phi) is 7.30. The van der Waals surface area contributed by atoms with Crippen LogP contribution in [0.5, 0.6) is 0 Å². The number of nitrogens with one attached hydrogen (secondary N) is 1. The summed E-state index contributed by atoms with van der Waals surface area (Å²) in [5.41, 5.74) is 4.84. The van der Waals surface area contributed by atoms with E-state index in [1.54, 1.807) is 49.9 Å². The van der Waals surface area contributed by atoms with Crippen molar-refractivity contribution in [3.05, 3.63) is 89.7 Å². The highest BCUT2D eigenvalue weighted by Gasteiger charge is 2.30. The molecular formula is C31H31N3O6. The van der Waals surface area contributed by atoms with Crippen LogP contribution in [0.2, 0.25) is 0 Å². The number of carboxylic acids is 1. The lowest BCUT2D eigenvalue weighted by Gasteiger charge is -2.19.